The standard InChI is InChI=1S/C11H12N2/c1-8-5-9-3-4-11(12-2)6-10(9)7-13-8/h3-7,12H,1-2H3. The predicted molar refractivity (Wildman–Crippen MR) is 56.0 cm³/mol. The Morgan fingerprint density at radius 1 is 1.15 bits per heavy atom. The highest BCUT2D eigenvalue weighted by Crippen LogP contribution is 2.18. The van der Waals surface area contributed by atoms with Gasteiger partial charge in [0.2, 0.25) is 0 Å². The Hall–Kier alpha value is -1.57. The summed E-state index contributed by atoms with van der Waals surface area (Å²) in [5, 5.41) is 5.53. The predicted octanol–water partition coefficient (Wildman–Crippen LogP) is 2.58. The van der Waals surface area contributed by atoms with Gasteiger partial charge in [-0.1, -0.05) is 6.07 Å². The maximum atomic E-state index is 4.25. The fraction of sp³-hybridized carbons (Fsp3) is 0.182. The topological polar surface area (TPSA) is 24.9 Å². The van der Waals surface area contributed by atoms with E-state index in [1.165, 1.54) is 10.8 Å². The summed E-state index contributed by atoms with van der Waals surface area (Å²) in [4.78, 5) is 4.25. The first-order chi connectivity index (χ1) is 6.29. The third-order valence-corrected chi connectivity index (χ3v) is 2.15. The Kier molecular flexibility index (Phi) is 1.89. The monoisotopic (exact) mass is 172 g/mol. The average molecular weight is 172 g/mol. The van der Waals surface area contributed by atoms with E-state index in [-0.39, 0.29) is 0 Å². The highest BCUT2D eigenvalue weighted by molar-refractivity contribution is 5.85. The molecule has 66 valence electrons. The molecule has 0 aliphatic heterocycles. The molecule has 0 spiro atoms. The molecule has 0 aliphatic carbocycles. The van der Waals surface area contributed by atoms with Crippen molar-refractivity contribution in [2.45, 2.75) is 6.92 Å². The minimum absolute atomic E-state index is 1.06. The molecule has 1 heterocycles. The zero-order valence-electron chi connectivity index (χ0n) is 7.83. The van der Waals surface area contributed by atoms with Crippen LogP contribution in [0.25, 0.3) is 10.8 Å². The second-order valence-corrected chi connectivity index (χ2v) is 3.14. The lowest BCUT2D eigenvalue weighted by molar-refractivity contribution is 1.22. The average Bonchev–Trinajstić information content (AvgIpc) is 2.17. The van der Waals surface area contributed by atoms with Gasteiger partial charge in [0.05, 0.1) is 0 Å². The van der Waals surface area contributed by atoms with Crippen LogP contribution in [0.5, 0.6) is 0 Å². The molecule has 13 heavy (non-hydrogen) atoms. The number of hydrogen-bond acceptors (Lipinski definition) is 2. The van der Waals surface area contributed by atoms with Gasteiger partial charge in [-0.3, -0.25) is 4.98 Å². The van der Waals surface area contributed by atoms with Gasteiger partial charge in [-0.25, -0.2) is 0 Å². The third kappa shape index (κ3) is 1.47. The van der Waals surface area contributed by atoms with E-state index < -0.39 is 0 Å². The number of nitrogens with zero attached hydrogens (tertiary/aromatic N) is 1. The van der Waals surface area contributed by atoms with Crippen molar-refractivity contribution < 1.29 is 0 Å². The van der Waals surface area contributed by atoms with Gasteiger partial charge in [-0.15, -0.1) is 0 Å². The number of anilines is 1. The molecule has 0 radical (unpaired) electrons. The van der Waals surface area contributed by atoms with Crippen molar-refractivity contribution in [1.29, 1.82) is 0 Å². The van der Waals surface area contributed by atoms with Gasteiger partial charge in [0.15, 0.2) is 0 Å². The Labute approximate surface area is 77.6 Å². The van der Waals surface area contributed by atoms with E-state index in [2.05, 4.69) is 34.6 Å². The van der Waals surface area contributed by atoms with E-state index in [1.807, 2.05) is 20.2 Å². The Morgan fingerprint density at radius 3 is 2.77 bits per heavy atom. The van der Waals surface area contributed by atoms with Crippen LogP contribution in [0.1, 0.15) is 5.69 Å². The second kappa shape index (κ2) is 3.05. The molecule has 2 heteroatoms. The molecular weight excluding hydrogens is 160 g/mol. The normalized spacial score (nSPS) is 10.3. The van der Waals surface area contributed by atoms with Gasteiger partial charge in [0.25, 0.3) is 0 Å². The summed E-state index contributed by atoms with van der Waals surface area (Å²) in [5.74, 6) is 0. The molecule has 2 nitrogen and oxygen atoms in total. The van der Waals surface area contributed by atoms with Crippen molar-refractivity contribution in [3.8, 4) is 0 Å². The van der Waals surface area contributed by atoms with Crippen LogP contribution < -0.4 is 5.32 Å². The van der Waals surface area contributed by atoms with Gasteiger partial charge in [-0.2, -0.15) is 0 Å². The SMILES string of the molecule is CNc1ccc2cc(C)ncc2c1. The molecule has 0 bridgehead atoms. The summed E-state index contributed by atoms with van der Waals surface area (Å²) in [5.41, 5.74) is 2.18. The first-order valence-electron chi connectivity index (χ1n) is 4.34. The number of aromatic nitrogens is 1. The maximum absolute atomic E-state index is 4.25. The Balaban J connectivity index is 2.66. The zero-order chi connectivity index (χ0) is 9.26. The lowest BCUT2D eigenvalue weighted by Crippen LogP contribution is -1.88. The number of aryl methyl sites for hydroxylation is 1. The maximum Gasteiger partial charge on any atom is 0.0379 e. The molecule has 0 unspecified atom stereocenters. The largest absolute Gasteiger partial charge is 0.388 e. The molecule has 0 saturated heterocycles. The molecule has 0 saturated carbocycles. The second-order valence-electron chi connectivity index (χ2n) is 3.14. The highest BCUT2D eigenvalue weighted by Gasteiger charge is 1.95. The number of benzene rings is 1. The highest BCUT2D eigenvalue weighted by atomic mass is 14.8. The first-order valence-corrected chi connectivity index (χ1v) is 4.34. The van der Waals surface area contributed by atoms with E-state index in [9.17, 15) is 0 Å². The van der Waals surface area contributed by atoms with Crippen LogP contribution in [-0.2, 0) is 0 Å². The van der Waals surface area contributed by atoms with E-state index in [1.54, 1.807) is 0 Å². The number of fused-ring (bicyclic) bond motifs is 1. The molecule has 2 aromatic rings. The molecule has 1 aromatic heterocycles. The zero-order valence-corrected chi connectivity index (χ0v) is 7.83. The molecule has 1 aromatic carbocycles. The fourth-order valence-corrected chi connectivity index (χ4v) is 1.41. The van der Waals surface area contributed by atoms with Crippen LogP contribution in [-0.4, -0.2) is 12.0 Å². The molecular formula is C11H12N2. The lowest BCUT2D eigenvalue weighted by Gasteiger charge is -2.02. The van der Waals surface area contributed by atoms with Crippen LogP contribution in [0.4, 0.5) is 5.69 Å². The van der Waals surface area contributed by atoms with Gasteiger partial charge >= 0.3 is 0 Å². The van der Waals surface area contributed by atoms with Crippen molar-refractivity contribution in [2.24, 2.45) is 0 Å². The van der Waals surface area contributed by atoms with E-state index in [0.717, 1.165) is 11.4 Å². The lowest BCUT2D eigenvalue weighted by atomic mass is 10.1. The Morgan fingerprint density at radius 2 is 2.00 bits per heavy atom. The molecule has 0 amide bonds. The third-order valence-electron chi connectivity index (χ3n) is 2.15. The number of pyridine rings is 1. The van der Waals surface area contributed by atoms with E-state index >= 15 is 0 Å². The van der Waals surface area contributed by atoms with Crippen LogP contribution in [0.15, 0.2) is 30.5 Å². The van der Waals surface area contributed by atoms with Crippen LogP contribution >= 0.6 is 0 Å². The van der Waals surface area contributed by atoms with Gasteiger partial charge in [0, 0.05) is 30.0 Å². The summed E-state index contributed by atoms with van der Waals surface area (Å²) < 4.78 is 0. The fourth-order valence-electron chi connectivity index (χ4n) is 1.41. The molecule has 0 aliphatic rings. The van der Waals surface area contributed by atoms with Gasteiger partial charge < -0.3 is 5.32 Å². The molecule has 0 atom stereocenters. The summed E-state index contributed by atoms with van der Waals surface area (Å²) in [7, 11) is 1.92. The quantitative estimate of drug-likeness (QED) is 0.715. The number of hydrogen-bond donors (Lipinski definition) is 1. The summed E-state index contributed by atoms with van der Waals surface area (Å²) >= 11 is 0. The van der Waals surface area contributed by atoms with Crippen molar-refractivity contribution in [1.82, 2.24) is 4.98 Å². The molecule has 0 fully saturated rings. The van der Waals surface area contributed by atoms with E-state index in [4.69, 9.17) is 0 Å². The van der Waals surface area contributed by atoms with Gasteiger partial charge in [0.1, 0.15) is 0 Å². The number of nitrogens with one attached hydrogen (secondary N) is 1. The summed E-state index contributed by atoms with van der Waals surface area (Å²) in [6.07, 6.45) is 1.91. The van der Waals surface area contributed by atoms with E-state index in [0.29, 0.717) is 0 Å². The molecule has 2 rings (SSSR count). The minimum atomic E-state index is 1.06. The van der Waals surface area contributed by atoms with Crippen LogP contribution in [0.3, 0.4) is 0 Å². The van der Waals surface area contributed by atoms with Crippen molar-refractivity contribution in [3.63, 3.8) is 0 Å². The van der Waals surface area contributed by atoms with Crippen molar-refractivity contribution >= 4 is 16.5 Å². The van der Waals surface area contributed by atoms with Crippen molar-refractivity contribution in [2.75, 3.05) is 12.4 Å². The summed E-state index contributed by atoms with van der Waals surface area (Å²) in [6, 6.07) is 8.37. The summed E-state index contributed by atoms with van der Waals surface area (Å²) in [6.45, 7) is 2.01. The van der Waals surface area contributed by atoms with Crippen LogP contribution in [0, 0.1) is 6.92 Å². The van der Waals surface area contributed by atoms with Gasteiger partial charge in [-0.05, 0) is 30.5 Å². The smallest absolute Gasteiger partial charge is 0.0379 e. The number of rotatable bonds is 1. The Bertz CT molecular complexity index is 435. The van der Waals surface area contributed by atoms with Crippen LogP contribution in [0.2, 0.25) is 0 Å². The molecule has 1 N–H and O–H groups in total. The minimum Gasteiger partial charge on any atom is -0.388 e. The first kappa shape index (κ1) is 8.05. The van der Waals surface area contributed by atoms with Crippen molar-refractivity contribution in [3.05, 3.63) is 36.2 Å².